The van der Waals surface area contributed by atoms with E-state index in [-0.39, 0.29) is 13.0 Å². The Morgan fingerprint density at radius 1 is 1.59 bits per heavy atom. The van der Waals surface area contributed by atoms with Crippen molar-refractivity contribution in [1.82, 2.24) is 5.32 Å². The van der Waals surface area contributed by atoms with Gasteiger partial charge in [0.25, 0.3) is 0 Å². The fourth-order valence-electron chi connectivity index (χ4n) is 1.19. The standard InChI is InChI=1S/C11H14N2O4/c12-6-5-9(11(15)16)13-10(14)4-3-8-2-1-7-17-8/h1-4,7,9H,5-6,12H2,(H,13,14)(H,15,16)/t9-/m1/s1. The molecule has 0 aliphatic carbocycles. The zero-order valence-electron chi connectivity index (χ0n) is 9.13. The molecule has 6 nitrogen and oxygen atoms in total. The summed E-state index contributed by atoms with van der Waals surface area (Å²) in [6, 6.07) is 2.40. The molecule has 0 aliphatic heterocycles. The van der Waals surface area contributed by atoms with Gasteiger partial charge in [0.15, 0.2) is 0 Å². The van der Waals surface area contributed by atoms with Crippen molar-refractivity contribution in [2.24, 2.45) is 5.73 Å². The molecule has 0 spiro atoms. The van der Waals surface area contributed by atoms with Crippen LogP contribution in [0.25, 0.3) is 6.08 Å². The van der Waals surface area contributed by atoms with E-state index in [1.54, 1.807) is 12.1 Å². The fraction of sp³-hybridized carbons (Fsp3) is 0.273. The Morgan fingerprint density at radius 3 is 2.88 bits per heavy atom. The second-order valence-electron chi connectivity index (χ2n) is 3.33. The van der Waals surface area contributed by atoms with E-state index >= 15 is 0 Å². The van der Waals surface area contributed by atoms with Crippen molar-refractivity contribution in [2.75, 3.05) is 6.54 Å². The monoisotopic (exact) mass is 238 g/mol. The maximum atomic E-state index is 11.4. The van der Waals surface area contributed by atoms with Crippen LogP contribution >= 0.6 is 0 Å². The number of aliphatic carboxylic acids is 1. The molecule has 0 unspecified atom stereocenters. The Bertz CT molecular complexity index is 398. The van der Waals surface area contributed by atoms with Gasteiger partial charge < -0.3 is 20.6 Å². The average molecular weight is 238 g/mol. The summed E-state index contributed by atoms with van der Waals surface area (Å²) in [6.07, 6.45) is 4.34. The summed E-state index contributed by atoms with van der Waals surface area (Å²) >= 11 is 0. The maximum absolute atomic E-state index is 11.4. The van der Waals surface area contributed by atoms with Gasteiger partial charge in [-0.3, -0.25) is 4.79 Å². The summed E-state index contributed by atoms with van der Waals surface area (Å²) < 4.78 is 4.98. The van der Waals surface area contributed by atoms with Crippen molar-refractivity contribution >= 4 is 18.0 Å². The Hall–Kier alpha value is -2.08. The lowest BCUT2D eigenvalue weighted by atomic mass is 10.2. The number of furan rings is 1. The summed E-state index contributed by atoms with van der Waals surface area (Å²) in [6.45, 7) is 0.194. The molecule has 0 saturated carbocycles. The van der Waals surface area contributed by atoms with Crippen LogP contribution in [0.1, 0.15) is 12.2 Å². The second kappa shape index (κ2) is 6.49. The van der Waals surface area contributed by atoms with Gasteiger partial charge in [0, 0.05) is 6.08 Å². The Balaban J connectivity index is 2.50. The lowest BCUT2D eigenvalue weighted by Crippen LogP contribution is -2.41. The molecule has 0 saturated heterocycles. The molecular formula is C11H14N2O4. The number of carboxylic acid groups (broad SMARTS) is 1. The number of hydrogen-bond acceptors (Lipinski definition) is 4. The molecular weight excluding hydrogens is 224 g/mol. The van der Waals surface area contributed by atoms with Crippen LogP contribution in [0, 0.1) is 0 Å². The minimum atomic E-state index is -1.10. The lowest BCUT2D eigenvalue weighted by molar-refractivity contribution is -0.141. The number of nitrogens with one attached hydrogen (secondary N) is 1. The van der Waals surface area contributed by atoms with E-state index < -0.39 is 17.9 Å². The summed E-state index contributed by atoms with van der Waals surface area (Å²) in [4.78, 5) is 22.1. The van der Waals surface area contributed by atoms with Crippen molar-refractivity contribution in [3.8, 4) is 0 Å². The largest absolute Gasteiger partial charge is 0.480 e. The second-order valence-corrected chi connectivity index (χ2v) is 3.33. The summed E-state index contributed by atoms with van der Waals surface area (Å²) in [5, 5.41) is 11.1. The van der Waals surface area contributed by atoms with Crippen molar-refractivity contribution in [3.05, 3.63) is 30.2 Å². The van der Waals surface area contributed by atoms with Gasteiger partial charge in [-0.15, -0.1) is 0 Å². The molecule has 1 heterocycles. The third-order valence-corrected chi connectivity index (χ3v) is 2.01. The smallest absolute Gasteiger partial charge is 0.326 e. The molecule has 0 aromatic carbocycles. The zero-order chi connectivity index (χ0) is 12.7. The summed E-state index contributed by atoms with van der Waals surface area (Å²) in [7, 11) is 0. The van der Waals surface area contributed by atoms with Crippen molar-refractivity contribution < 1.29 is 19.1 Å². The first-order chi connectivity index (χ1) is 8.13. The van der Waals surface area contributed by atoms with E-state index in [2.05, 4.69) is 5.32 Å². The van der Waals surface area contributed by atoms with E-state index in [1.165, 1.54) is 18.4 Å². The molecule has 1 aromatic rings. The van der Waals surface area contributed by atoms with Crippen LogP contribution in [-0.2, 0) is 9.59 Å². The van der Waals surface area contributed by atoms with Crippen LogP contribution in [0.4, 0.5) is 0 Å². The minimum Gasteiger partial charge on any atom is -0.480 e. The minimum absolute atomic E-state index is 0.190. The molecule has 17 heavy (non-hydrogen) atoms. The Labute approximate surface area is 98.1 Å². The highest BCUT2D eigenvalue weighted by molar-refractivity contribution is 5.94. The molecule has 0 aliphatic rings. The van der Waals surface area contributed by atoms with Crippen molar-refractivity contribution in [3.63, 3.8) is 0 Å². The highest BCUT2D eigenvalue weighted by atomic mass is 16.4. The number of nitrogens with two attached hydrogens (primary N) is 1. The maximum Gasteiger partial charge on any atom is 0.326 e. The Kier molecular flexibility index (Phi) is 4.96. The van der Waals surface area contributed by atoms with Gasteiger partial charge in [0.05, 0.1) is 6.26 Å². The number of hydrogen-bond donors (Lipinski definition) is 3. The van der Waals surface area contributed by atoms with Gasteiger partial charge >= 0.3 is 5.97 Å². The number of carbonyl (C=O) groups is 2. The first-order valence-corrected chi connectivity index (χ1v) is 5.08. The molecule has 1 atom stereocenters. The predicted octanol–water partition coefficient (Wildman–Crippen LogP) is 0.211. The van der Waals surface area contributed by atoms with Crippen molar-refractivity contribution in [2.45, 2.75) is 12.5 Å². The van der Waals surface area contributed by atoms with E-state index in [0.717, 1.165) is 0 Å². The van der Waals surface area contributed by atoms with Gasteiger partial charge in [-0.05, 0) is 31.2 Å². The van der Waals surface area contributed by atoms with Gasteiger partial charge in [-0.2, -0.15) is 0 Å². The molecule has 0 fully saturated rings. The molecule has 6 heteroatoms. The molecule has 92 valence electrons. The fourth-order valence-corrected chi connectivity index (χ4v) is 1.19. The molecule has 4 N–H and O–H groups in total. The zero-order valence-corrected chi connectivity index (χ0v) is 9.13. The molecule has 0 radical (unpaired) electrons. The van der Waals surface area contributed by atoms with Crippen LogP contribution in [-0.4, -0.2) is 29.6 Å². The predicted molar refractivity (Wildman–Crippen MR) is 61.0 cm³/mol. The average Bonchev–Trinajstić information content (AvgIpc) is 2.78. The number of carbonyl (C=O) groups excluding carboxylic acids is 1. The van der Waals surface area contributed by atoms with Crippen LogP contribution < -0.4 is 11.1 Å². The van der Waals surface area contributed by atoms with E-state index in [9.17, 15) is 9.59 Å². The third kappa shape index (κ3) is 4.52. The van der Waals surface area contributed by atoms with E-state index in [4.69, 9.17) is 15.3 Å². The van der Waals surface area contributed by atoms with Gasteiger partial charge in [0.2, 0.25) is 5.91 Å². The summed E-state index contributed by atoms with van der Waals surface area (Å²) in [5.74, 6) is -1.08. The van der Waals surface area contributed by atoms with Crippen LogP contribution in [0.3, 0.4) is 0 Å². The van der Waals surface area contributed by atoms with Gasteiger partial charge in [-0.1, -0.05) is 0 Å². The SMILES string of the molecule is NCC[C@@H](NC(=O)C=Cc1ccco1)C(=O)O. The topological polar surface area (TPSA) is 106 Å². The number of amides is 1. The normalized spacial score (nSPS) is 12.5. The van der Waals surface area contributed by atoms with Gasteiger partial charge in [-0.25, -0.2) is 4.79 Å². The quantitative estimate of drug-likeness (QED) is 0.614. The van der Waals surface area contributed by atoms with Gasteiger partial charge in [0.1, 0.15) is 11.8 Å². The van der Waals surface area contributed by atoms with E-state index in [0.29, 0.717) is 5.76 Å². The van der Waals surface area contributed by atoms with Crippen LogP contribution in [0.15, 0.2) is 28.9 Å². The first-order valence-electron chi connectivity index (χ1n) is 5.08. The number of carboxylic acids is 1. The first kappa shape index (κ1) is 13.0. The highest BCUT2D eigenvalue weighted by Gasteiger charge is 2.17. The Morgan fingerprint density at radius 2 is 2.35 bits per heavy atom. The van der Waals surface area contributed by atoms with Crippen LogP contribution in [0.5, 0.6) is 0 Å². The van der Waals surface area contributed by atoms with Crippen LogP contribution in [0.2, 0.25) is 0 Å². The molecule has 1 aromatic heterocycles. The molecule has 1 amide bonds. The van der Waals surface area contributed by atoms with Crippen molar-refractivity contribution in [1.29, 1.82) is 0 Å². The number of rotatable bonds is 6. The molecule has 1 rings (SSSR count). The highest BCUT2D eigenvalue weighted by Crippen LogP contribution is 2.02. The lowest BCUT2D eigenvalue weighted by Gasteiger charge is -2.11. The van der Waals surface area contributed by atoms with E-state index in [1.807, 2.05) is 0 Å². The molecule has 0 bridgehead atoms. The third-order valence-electron chi connectivity index (χ3n) is 2.01. The summed E-state index contributed by atoms with van der Waals surface area (Å²) in [5.41, 5.74) is 5.25.